The van der Waals surface area contributed by atoms with Crippen LogP contribution in [0.5, 0.6) is 0 Å². The molecule has 9 heteroatoms. The molecule has 0 fully saturated rings. The van der Waals surface area contributed by atoms with Gasteiger partial charge in [-0.25, -0.2) is 4.79 Å². The van der Waals surface area contributed by atoms with Crippen molar-refractivity contribution in [1.29, 1.82) is 0 Å². The Morgan fingerprint density at radius 1 is 1.37 bits per heavy atom. The molecule has 0 atom stereocenters. The third-order valence-electron chi connectivity index (χ3n) is 2.63. The zero-order valence-corrected chi connectivity index (χ0v) is 10.2. The lowest BCUT2D eigenvalue weighted by atomic mass is 10.0. The molecule has 0 bridgehead atoms. The van der Waals surface area contributed by atoms with E-state index >= 15 is 0 Å². The van der Waals surface area contributed by atoms with E-state index in [4.69, 9.17) is 5.11 Å². The number of rotatable bonds is 2. The van der Waals surface area contributed by atoms with Crippen molar-refractivity contribution in [3.63, 3.8) is 0 Å². The van der Waals surface area contributed by atoms with Gasteiger partial charge in [-0.2, -0.15) is 13.2 Å². The number of thiophene rings is 1. The van der Waals surface area contributed by atoms with Crippen molar-refractivity contribution < 1.29 is 27.9 Å². The van der Waals surface area contributed by atoms with E-state index in [2.05, 4.69) is 5.32 Å². The first-order valence-corrected chi connectivity index (χ1v) is 6.09. The standard InChI is InChI=1S/C10H9F3N2O3S/c11-10(12,13)9(18)15-7-6(8(16)17)4-1-2-14-3-5(4)19-7/h14H,1-3H2,(H,15,18)(H,16,17). The number of carboxylic acid groups (broad SMARTS) is 1. The number of hydrogen-bond acceptors (Lipinski definition) is 4. The summed E-state index contributed by atoms with van der Waals surface area (Å²) < 4.78 is 36.6. The van der Waals surface area contributed by atoms with Crippen LogP contribution in [0.4, 0.5) is 18.2 Å². The first kappa shape index (κ1) is 13.8. The topological polar surface area (TPSA) is 78.4 Å². The monoisotopic (exact) mass is 294 g/mol. The number of anilines is 1. The molecular formula is C10H9F3N2O3S. The maximum absolute atomic E-state index is 12.2. The predicted molar refractivity (Wildman–Crippen MR) is 61.4 cm³/mol. The van der Waals surface area contributed by atoms with E-state index in [1.807, 2.05) is 0 Å². The van der Waals surface area contributed by atoms with Crippen molar-refractivity contribution in [1.82, 2.24) is 5.32 Å². The molecule has 19 heavy (non-hydrogen) atoms. The van der Waals surface area contributed by atoms with Gasteiger partial charge in [0.1, 0.15) is 5.00 Å². The highest BCUT2D eigenvalue weighted by Crippen LogP contribution is 2.36. The zero-order valence-electron chi connectivity index (χ0n) is 9.43. The Labute approximate surface area is 109 Å². The maximum Gasteiger partial charge on any atom is 0.471 e. The average molecular weight is 294 g/mol. The lowest BCUT2D eigenvalue weighted by Gasteiger charge is -2.12. The van der Waals surface area contributed by atoms with Gasteiger partial charge in [-0.3, -0.25) is 4.79 Å². The fourth-order valence-corrected chi connectivity index (χ4v) is 3.03. The Balaban J connectivity index is 2.38. The van der Waals surface area contributed by atoms with E-state index in [9.17, 15) is 22.8 Å². The number of carbonyl (C=O) groups excluding carboxylic acids is 1. The van der Waals surface area contributed by atoms with Crippen molar-refractivity contribution >= 4 is 28.2 Å². The summed E-state index contributed by atoms with van der Waals surface area (Å²) >= 11 is 0.859. The molecule has 0 unspecified atom stereocenters. The Kier molecular flexibility index (Phi) is 3.50. The summed E-state index contributed by atoms with van der Waals surface area (Å²) in [6.45, 7) is 0.943. The summed E-state index contributed by atoms with van der Waals surface area (Å²) in [6, 6.07) is 0. The number of aromatic carboxylic acids is 1. The number of hydrogen-bond donors (Lipinski definition) is 3. The molecule has 2 rings (SSSR count). The summed E-state index contributed by atoms with van der Waals surface area (Å²) in [5.41, 5.74) is 0.257. The second-order valence-corrected chi connectivity index (χ2v) is 5.00. The second-order valence-electron chi connectivity index (χ2n) is 3.89. The van der Waals surface area contributed by atoms with Crippen LogP contribution >= 0.6 is 11.3 Å². The summed E-state index contributed by atoms with van der Waals surface area (Å²) in [4.78, 5) is 22.7. The van der Waals surface area contributed by atoms with Crippen molar-refractivity contribution in [2.75, 3.05) is 11.9 Å². The van der Waals surface area contributed by atoms with Gasteiger partial charge in [0.15, 0.2) is 0 Å². The fraction of sp³-hybridized carbons (Fsp3) is 0.400. The molecule has 0 aliphatic carbocycles. The summed E-state index contributed by atoms with van der Waals surface area (Å²) in [5.74, 6) is -3.50. The van der Waals surface area contributed by atoms with Crippen LogP contribution in [0.2, 0.25) is 0 Å². The molecule has 0 saturated heterocycles. The van der Waals surface area contributed by atoms with Crippen LogP contribution in [-0.4, -0.2) is 29.7 Å². The van der Waals surface area contributed by atoms with Crippen LogP contribution in [0.3, 0.4) is 0 Å². The lowest BCUT2D eigenvalue weighted by Crippen LogP contribution is -2.30. The van der Waals surface area contributed by atoms with Crippen LogP contribution in [0.25, 0.3) is 0 Å². The Morgan fingerprint density at radius 2 is 2.05 bits per heavy atom. The molecule has 0 spiro atoms. The number of alkyl halides is 3. The molecule has 1 aromatic heterocycles. The highest BCUT2D eigenvalue weighted by atomic mass is 32.1. The Bertz CT molecular complexity index is 539. The minimum absolute atomic E-state index is 0.237. The molecule has 1 aliphatic rings. The SMILES string of the molecule is O=C(O)c1c(NC(=O)C(F)(F)F)sc2c1CCNC2. The Hall–Kier alpha value is -1.61. The van der Waals surface area contributed by atoms with Gasteiger partial charge in [0.2, 0.25) is 0 Å². The van der Waals surface area contributed by atoms with Crippen LogP contribution in [0.15, 0.2) is 0 Å². The highest BCUT2D eigenvalue weighted by molar-refractivity contribution is 7.17. The van der Waals surface area contributed by atoms with Crippen LogP contribution in [-0.2, 0) is 17.8 Å². The zero-order chi connectivity index (χ0) is 14.2. The average Bonchev–Trinajstić information content (AvgIpc) is 2.65. The van der Waals surface area contributed by atoms with Crippen molar-refractivity contribution in [2.24, 2.45) is 0 Å². The molecule has 2 heterocycles. The van der Waals surface area contributed by atoms with E-state index in [1.165, 1.54) is 0 Å². The van der Waals surface area contributed by atoms with Crippen LogP contribution in [0.1, 0.15) is 20.8 Å². The van der Waals surface area contributed by atoms with E-state index in [-0.39, 0.29) is 10.6 Å². The van der Waals surface area contributed by atoms with Crippen molar-refractivity contribution in [3.05, 3.63) is 16.0 Å². The van der Waals surface area contributed by atoms with Gasteiger partial charge >= 0.3 is 18.1 Å². The number of amides is 1. The molecule has 1 aliphatic heterocycles. The number of carboxylic acids is 1. The molecule has 0 saturated carbocycles. The van der Waals surface area contributed by atoms with Gasteiger partial charge < -0.3 is 15.7 Å². The number of fused-ring (bicyclic) bond motifs is 1. The van der Waals surface area contributed by atoms with Gasteiger partial charge in [-0.15, -0.1) is 11.3 Å². The third-order valence-corrected chi connectivity index (χ3v) is 3.77. The minimum atomic E-state index is -5.04. The lowest BCUT2D eigenvalue weighted by molar-refractivity contribution is -0.167. The molecule has 0 radical (unpaired) electrons. The molecule has 3 N–H and O–H groups in total. The normalized spacial score (nSPS) is 14.9. The molecule has 0 aromatic carbocycles. The van der Waals surface area contributed by atoms with Crippen LogP contribution < -0.4 is 10.6 Å². The smallest absolute Gasteiger partial charge is 0.471 e. The van der Waals surface area contributed by atoms with E-state index in [1.54, 1.807) is 5.32 Å². The molecule has 5 nitrogen and oxygen atoms in total. The predicted octanol–water partition coefficient (Wildman–Crippen LogP) is 1.59. The largest absolute Gasteiger partial charge is 0.478 e. The van der Waals surface area contributed by atoms with Crippen molar-refractivity contribution in [2.45, 2.75) is 19.1 Å². The van der Waals surface area contributed by atoms with E-state index in [0.717, 1.165) is 11.3 Å². The number of nitrogens with one attached hydrogen (secondary N) is 2. The second kappa shape index (κ2) is 4.82. The van der Waals surface area contributed by atoms with Gasteiger partial charge in [-0.1, -0.05) is 0 Å². The quantitative estimate of drug-likeness (QED) is 0.774. The van der Waals surface area contributed by atoms with Gasteiger partial charge in [0.25, 0.3) is 0 Å². The molecule has 1 aromatic rings. The third kappa shape index (κ3) is 2.71. The van der Waals surface area contributed by atoms with E-state index in [0.29, 0.717) is 30.0 Å². The number of halogens is 3. The maximum atomic E-state index is 12.2. The van der Waals surface area contributed by atoms with Gasteiger partial charge in [0, 0.05) is 11.4 Å². The summed E-state index contributed by atoms with van der Waals surface area (Å²) in [5, 5.41) is 13.4. The van der Waals surface area contributed by atoms with E-state index < -0.39 is 18.1 Å². The minimum Gasteiger partial charge on any atom is -0.478 e. The Morgan fingerprint density at radius 3 is 2.63 bits per heavy atom. The highest BCUT2D eigenvalue weighted by Gasteiger charge is 2.40. The molecular weight excluding hydrogens is 285 g/mol. The summed E-state index contributed by atoms with van der Waals surface area (Å²) in [6.07, 6.45) is -4.63. The molecule has 104 valence electrons. The molecule has 1 amide bonds. The fourth-order valence-electron chi connectivity index (χ4n) is 1.82. The van der Waals surface area contributed by atoms with Gasteiger partial charge in [0.05, 0.1) is 5.56 Å². The first-order valence-electron chi connectivity index (χ1n) is 5.27. The number of carbonyl (C=O) groups is 2. The van der Waals surface area contributed by atoms with Gasteiger partial charge in [-0.05, 0) is 18.5 Å². The summed E-state index contributed by atoms with van der Waals surface area (Å²) in [7, 11) is 0. The van der Waals surface area contributed by atoms with Crippen molar-refractivity contribution in [3.8, 4) is 0 Å². The van der Waals surface area contributed by atoms with Crippen LogP contribution in [0, 0.1) is 0 Å². The first-order chi connectivity index (χ1) is 8.80.